The number of fused-ring (bicyclic) bond motifs is 1. The zero-order valence-corrected chi connectivity index (χ0v) is 11.6. The van der Waals surface area contributed by atoms with Gasteiger partial charge in [-0.15, -0.1) is 0 Å². The summed E-state index contributed by atoms with van der Waals surface area (Å²) in [7, 11) is 1.61. The summed E-state index contributed by atoms with van der Waals surface area (Å²) >= 11 is 5.93. The summed E-state index contributed by atoms with van der Waals surface area (Å²) in [6, 6.07) is 14.7. The van der Waals surface area contributed by atoms with Crippen LogP contribution in [0.3, 0.4) is 0 Å². The van der Waals surface area contributed by atoms with Crippen LogP contribution < -0.4 is 10.3 Å². The highest BCUT2D eigenvalue weighted by atomic mass is 35.5. The van der Waals surface area contributed by atoms with Crippen LogP contribution in [0.15, 0.2) is 53.3 Å². The van der Waals surface area contributed by atoms with E-state index >= 15 is 0 Å². The number of aromatic nitrogens is 1. The number of benzene rings is 2. The molecule has 0 amide bonds. The molecule has 0 fully saturated rings. The molecule has 0 atom stereocenters. The largest absolute Gasteiger partial charge is 0.497 e. The Labute approximate surface area is 120 Å². The number of hydrogen-bond donors (Lipinski definition) is 1. The smallest absolute Gasteiger partial charge is 0.256 e. The number of rotatable bonds is 2. The molecule has 2 aromatic carbocycles. The highest BCUT2D eigenvalue weighted by molar-refractivity contribution is 6.31. The molecule has 0 radical (unpaired) electrons. The number of ether oxygens (including phenoxy) is 1. The maximum Gasteiger partial charge on any atom is 0.256 e. The van der Waals surface area contributed by atoms with Gasteiger partial charge in [-0.25, -0.2) is 0 Å². The Bertz CT molecular complexity index is 822. The van der Waals surface area contributed by atoms with Crippen LogP contribution in [0, 0.1) is 0 Å². The standard InChI is InChI=1S/C16H12ClNO2/c1-20-13-6-3-10(4-7-13)14-8-11-2-5-12(17)9-15(11)18-16(14)19/h2-9H,1H3,(H,18,19). The van der Waals surface area contributed by atoms with Gasteiger partial charge in [0.1, 0.15) is 5.75 Å². The first-order valence-corrected chi connectivity index (χ1v) is 6.52. The molecule has 0 bridgehead atoms. The molecule has 0 aliphatic carbocycles. The molecule has 0 aliphatic rings. The predicted octanol–water partition coefficient (Wildman–Crippen LogP) is 3.86. The highest BCUT2D eigenvalue weighted by Crippen LogP contribution is 2.23. The second-order valence-corrected chi connectivity index (χ2v) is 4.91. The maximum atomic E-state index is 12.2. The molecular formula is C16H12ClNO2. The van der Waals surface area contributed by atoms with Gasteiger partial charge in [-0.1, -0.05) is 29.8 Å². The van der Waals surface area contributed by atoms with Gasteiger partial charge in [-0.2, -0.15) is 0 Å². The fourth-order valence-corrected chi connectivity index (χ4v) is 2.33. The number of H-pyrrole nitrogens is 1. The van der Waals surface area contributed by atoms with E-state index in [-0.39, 0.29) is 5.56 Å². The van der Waals surface area contributed by atoms with Crippen LogP contribution in [0.1, 0.15) is 0 Å². The van der Waals surface area contributed by atoms with Crippen molar-refractivity contribution in [1.29, 1.82) is 0 Å². The maximum absolute atomic E-state index is 12.2. The van der Waals surface area contributed by atoms with E-state index in [4.69, 9.17) is 16.3 Å². The van der Waals surface area contributed by atoms with Crippen LogP contribution in [-0.2, 0) is 0 Å². The number of nitrogens with one attached hydrogen (secondary N) is 1. The normalized spacial score (nSPS) is 10.7. The molecule has 3 nitrogen and oxygen atoms in total. The first-order valence-electron chi connectivity index (χ1n) is 6.14. The quantitative estimate of drug-likeness (QED) is 0.777. The molecule has 0 saturated carbocycles. The van der Waals surface area contributed by atoms with Crippen molar-refractivity contribution in [3.8, 4) is 16.9 Å². The van der Waals surface area contributed by atoms with Crippen LogP contribution in [0.25, 0.3) is 22.0 Å². The SMILES string of the molecule is COc1ccc(-c2cc3ccc(Cl)cc3[nH]c2=O)cc1. The van der Waals surface area contributed by atoms with Crippen molar-refractivity contribution >= 4 is 22.5 Å². The predicted molar refractivity (Wildman–Crippen MR) is 81.6 cm³/mol. The number of aromatic amines is 1. The molecule has 0 unspecified atom stereocenters. The molecule has 0 aliphatic heterocycles. The van der Waals surface area contributed by atoms with Crippen molar-refractivity contribution in [2.75, 3.05) is 7.11 Å². The first kappa shape index (κ1) is 12.8. The summed E-state index contributed by atoms with van der Waals surface area (Å²) in [5.74, 6) is 0.762. The zero-order chi connectivity index (χ0) is 14.1. The lowest BCUT2D eigenvalue weighted by Gasteiger charge is -2.05. The Hall–Kier alpha value is -2.26. The van der Waals surface area contributed by atoms with Gasteiger partial charge in [-0.05, 0) is 41.3 Å². The average molecular weight is 286 g/mol. The lowest BCUT2D eigenvalue weighted by Crippen LogP contribution is -2.08. The van der Waals surface area contributed by atoms with E-state index < -0.39 is 0 Å². The minimum absolute atomic E-state index is 0.134. The minimum atomic E-state index is -0.134. The van der Waals surface area contributed by atoms with Crippen LogP contribution in [-0.4, -0.2) is 12.1 Å². The van der Waals surface area contributed by atoms with Crippen LogP contribution >= 0.6 is 11.6 Å². The number of methoxy groups -OCH3 is 1. The van der Waals surface area contributed by atoms with Crippen molar-refractivity contribution < 1.29 is 4.74 Å². The van der Waals surface area contributed by atoms with Gasteiger partial charge >= 0.3 is 0 Å². The minimum Gasteiger partial charge on any atom is -0.497 e. The lowest BCUT2D eigenvalue weighted by atomic mass is 10.1. The first-order chi connectivity index (χ1) is 9.67. The molecule has 1 heterocycles. The van der Waals surface area contributed by atoms with E-state index in [1.807, 2.05) is 36.4 Å². The Morgan fingerprint density at radius 2 is 1.80 bits per heavy atom. The van der Waals surface area contributed by atoms with E-state index in [0.717, 1.165) is 22.2 Å². The molecule has 0 spiro atoms. The molecule has 20 heavy (non-hydrogen) atoms. The van der Waals surface area contributed by atoms with Crippen LogP contribution in [0.4, 0.5) is 0 Å². The topological polar surface area (TPSA) is 42.1 Å². The summed E-state index contributed by atoms with van der Waals surface area (Å²) in [4.78, 5) is 15.0. The van der Waals surface area contributed by atoms with Gasteiger partial charge in [0.25, 0.3) is 5.56 Å². The fraction of sp³-hybridized carbons (Fsp3) is 0.0625. The van der Waals surface area contributed by atoms with Gasteiger partial charge < -0.3 is 9.72 Å². The Morgan fingerprint density at radius 1 is 1.05 bits per heavy atom. The molecule has 1 N–H and O–H groups in total. The third-order valence-corrected chi connectivity index (χ3v) is 3.44. The van der Waals surface area contributed by atoms with E-state index in [0.29, 0.717) is 10.6 Å². The van der Waals surface area contributed by atoms with E-state index in [1.54, 1.807) is 19.2 Å². The zero-order valence-electron chi connectivity index (χ0n) is 10.8. The Kier molecular flexibility index (Phi) is 3.20. The average Bonchev–Trinajstić information content (AvgIpc) is 2.46. The van der Waals surface area contributed by atoms with Gasteiger partial charge in [0, 0.05) is 16.1 Å². The van der Waals surface area contributed by atoms with E-state index in [2.05, 4.69) is 4.98 Å². The lowest BCUT2D eigenvalue weighted by molar-refractivity contribution is 0.415. The Balaban J connectivity index is 2.17. The molecule has 100 valence electrons. The van der Waals surface area contributed by atoms with Crippen molar-refractivity contribution in [2.45, 2.75) is 0 Å². The highest BCUT2D eigenvalue weighted by Gasteiger charge is 2.06. The monoisotopic (exact) mass is 285 g/mol. The number of halogens is 1. The third-order valence-electron chi connectivity index (χ3n) is 3.21. The molecule has 4 heteroatoms. The van der Waals surface area contributed by atoms with Crippen LogP contribution in [0.5, 0.6) is 5.75 Å². The molecule has 3 aromatic rings. The van der Waals surface area contributed by atoms with Crippen molar-refractivity contribution in [2.24, 2.45) is 0 Å². The van der Waals surface area contributed by atoms with Gasteiger partial charge in [0.05, 0.1) is 7.11 Å². The van der Waals surface area contributed by atoms with Crippen molar-refractivity contribution in [1.82, 2.24) is 4.98 Å². The van der Waals surface area contributed by atoms with Crippen molar-refractivity contribution in [3.05, 3.63) is 63.9 Å². The molecule has 0 saturated heterocycles. The summed E-state index contributed by atoms with van der Waals surface area (Å²) in [6.07, 6.45) is 0. The summed E-state index contributed by atoms with van der Waals surface area (Å²) < 4.78 is 5.12. The third kappa shape index (κ3) is 2.28. The fourth-order valence-electron chi connectivity index (χ4n) is 2.16. The van der Waals surface area contributed by atoms with Crippen molar-refractivity contribution in [3.63, 3.8) is 0 Å². The van der Waals surface area contributed by atoms with E-state index in [1.165, 1.54) is 0 Å². The Morgan fingerprint density at radius 3 is 2.50 bits per heavy atom. The number of pyridine rings is 1. The van der Waals surface area contributed by atoms with E-state index in [9.17, 15) is 4.79 Å². The number of hydrogen-bond acceptors (Lipinski definition) is 2. The summed E-state index contributed by atoms with van der Waals surface area (Å²) in [6.45, 7) is 0. The molecular weight excluding hydrogens is 274 g/mol. The molecule has 3 rings (SSSR count). The summed E-state index contributed by atoms with van der Waals surface area (Å²) in [5.41, 5.74) is 2.08. The summed E-state index contributed by atoms with van der Waals surface area (Å²) in [5, 5.41) is 1.55. The van der Waals surface area contributed by atoms with Gasteiger partial charge in [0.2, 0.25) is 0 Å². The molecule has 1 aromatic heterocycles. The van der Waals surface area contributed by atoms with Gasteiger partial charge in [-0.3, -0.25) is 4.79 Å². The van der Waals surface area contributed by atoms with Gasteiger partial charge in [0.15, 0.2) is 0 Å². The second-order valence-electron chi connectivity index (χ2n) is 4.47. The second kappa shape index (κ2) is 5.02. The van der Waals surface area contributed by atoms with Crippen LogP contribution in [0.2, 0.25) is 5.02 Å².